The molecule has 0 aliphatic rings. The number of sulfonamides is 1. The monoisotopic (exact) mass is 379 g/mol. The first kappa shape index (κ1) is 15.0. The molecule has 10 heteroatoms. The maximum Gasteiger partial charge on any atom is 0.345 e. The smallest absolute Gasteiger partial charge is 0.345 e. The van der Waals surface area contributed by atoms with Crippen molar-refractivity contribution in [3.05, 3.63) is 27.1 Å². The van der Waals surface area contributed by atoms with Crippen molar-refractivity contribution in [3.8, 4) is 0 Å². The molecule has 2 rings (SSSR count). The van der Waals surface area contributed by atoms with Crippen LogP contribution in [0.3, 0.4) is 0 Å². The summed E-state index contributed by atoms with van der Waals surface area (Å²) in [7, 11) is -3.85. The molecule has 0 bridgehead atoms. The number of aromatic carboxylic acids is 1. The molecule has 0 unspecified atom stereocenters. The highest BCUT2D eigenvalue weighted by Gasteiger charge is 2.23. The summed E-state index contributed by atoms with van der Waals surface area (Å²) in [6.07, 6.45) is 2.94. The third-order valence-electron chi connectivity index (χ3n) is 2.37. The number of nitrogens with one attached hydrogen (secondary N) is 1. The lowest BCUT2D eigenvalue weighted by molar-refractivity contribution is 0.0702. The van der Waals surface area contributed by atoms with Gasteiger partial charge in [-0.2, -0.15) is 5.10 Å². The molecule has 0 fully saturated rings. The molecule has 0 atom stereocenters. The van der Waals surface area contributed by atoms with Gasteiger partial charge in [0.15, 0.2) is 0 Å². The van der Waals surface area contributed by atoms with E-state index in [1.165, 1.54) is 6.20 Å². The second kappa shape index (κ2) is 5.54. The van der Waals surface area contributed by atoms with Crippen molar-refractivity contribution in [2.24, 2.45) is 0 Å². The molecule has 0 spiro atoms. The Labute approximate surface area is 127 Å². The van der Waals surface area contributed by atoms with Gasteiger partial charge in [-0.3, -0.25) is 9.40 Å². The molecule has 0 radical (unpaired) electrons. The number of anilines is 1. The number of aryl methyl sites for hydroxylation is 1. The molecule has 2 aromatic rings. The van der Waals surface area contributed by atoms with Crippen molar-refractivity contribution in [2.45, 2.75) is 18.4 Å². The first-order chi connectivity index (χ1) is 9.33. The Morgan fingerprint density at radius 3 is 2.80 bits per heavy atom. The van der Waals surface area contributed by atoms with Gasteiger partial charge in [0.1, 0.15) is 9.77 Å². The maximum atomic E-state index is 12.2. The van der Waals surface area contributed by atoms with E-state index in [0.717, 1.165) is 17.4 Å². The van der Waals surface area contributed by atoms with Crippen LogP contribution in [0.2, 0.25) is 0 Å². The van der Waals surface area contributed by atoms with E-state index >= 15 is 0 Å². The number of hydrogen-bond donors (Lipinski definition) is 2. The van der Waals surface area contributed by atoms with Gasteiger partial charge in [-0.05, 0) is 28.9 Å². The number of aromatic nitrogens is 2. The van der Waals surface area contributed by atoms with Gasteiger partial charge < -0.3 is 5.11 Å². The number of carboxylic acids is 1. The van der Waals surface area contributed by atoms with Crippen molar-refractivity contribution in [3.63, 3.8) is 0 Å². The fourth-order valence-electron chi connectivity index (χ4n) is 1.44. The Morgan fingerprint density at radius 2 is 2.30 bits per heavy atom. The lowest BCUT2D eigenvalue weighted by Gasteiger charge is -2.03. The lowest BCUT2D eigenvalue weighted by Crippen LogP contribution is -2.12. The number of halogens is 1. The predicted molar refractivity (Wildman–Crippen MR) is 77.7 cm³/mol. The van der Waals surface area contributed by atoms with E-state index in [-0.39, 0.29) is 13.6 Å². The summed E-state index contributed by atoms with van der Waals surface area (Å²) >= 11 is 3.92. The van der Waals surface area contributed by atoms with E-state index in [9.17, 15) is 13.2 Å². The molecule has 0 saturated carbocycles. The van der Waals surface area contributed by atoms with E-state index in [4.69, 9.17) is 5.11 Å². The third-order valence-corrected chi connectivity index (χ3v) is 5.99. The largest absolute Gasteiger partial charge is 0.477 e. The lowest BCUT2D eigenvalue weighted by atomic mass is 10.5. The van der Waals surface area contributed by atoms with Crippen molar-refractivity contribution in [1.29, 1.82) is 0 Å². The quantitative estimate of drug-likeness (QED) is 0.828. The van der Waals surface area contributed by atoms with Gasteiger partial charge in [-0.15, -0.1) is 11.3 Å². The molecule has 7 nitrogen and oxygen atoms in total. The second-order valence-corrected chi connectivity index (χ2v) is 7.76. The van der Waals surface area contributed by atoms with Crippen LogP contribution in [-0.2, 0) is 16.6 Å². The summed E-state index contributed by atoms with van der Waals surface area (Å²) in [5, 5.41) is 12.8. The van der Waals surface area contributed by atoms with Gasteiger partial charge in [0, 0.05) is 12.7 Å². The maximum absolute atomic E-state index is 12.2. The summed E-state index contributed by atoms with van der Waals surface area (Å²) in [5.74, 6) is -1.17. The van der Waals surface area contributed by atoms with Crippen LogP contribution in [0, 0.1) is 0 Å². The zero-order valence-corrected chi connectivity index (χ0v) is 13.4. The van der Waals surface area contributed by atoms with E-state index < -0.39 is 16.0 Å². The fraction of sp³-hybridized carbons (Fsp3) is 0.200. The zero-order valence-electron chi connectivity index (χ0n) is 10.2. The van der Waals surface area contributed by atoms with Crippen molar-refractivity contribution < 1.29 is 18.3 Å². The molecule has 0 aromatic carbocycles. The van der Waals surface area contributed by atoms with Crippen LogP contribution < -0.4 is 4.72 Å². The summed E-state index contributed by atoms with van der Waals surface area (Å²) in [6, 6.07) is 1.11. The number of hydrogen-bond acceptors (Lipinski definition) is 5. The van der Waals surface area contributed by atoms with Gasteiger partial charge >= 0.3 is 5.97 Å². The van der Waals surface area contributed by atoms with E-state index in [2.05, 4.69) is 25.8 Å². The van der Waals surface area contributed by atoms with Crippen molar-refractivity contribution in [2.75, 3.05) is 4.72 Å². The van der Waals surface area contributed by atoms with Gasteiger partial charge in [0.2, 0.25) is 0 Å². The Kier molecular flexibility index (Phi) is 4.16. The molecule has 2 aromatic heterocycles. The highest BCUT2D eigenvalue weighted by molar-refractivity contribution is 9.11. The van der Waals surface area contributed by atoms with Crippen LogP contribution in [0.5, 0.6) is 0 Å². The van der Waals surface area contributed by atoms with Gasteiger partial charge in [0.25, 0.3) is 10.0 Å². The van der Waals surface area contributed by atoms with Gasteiger partial charge in [0.05, 0.1) is 15.7 Å². The summed E-state index contributed by atoms with van der Waals surface area (Å²) in [4.78, 5) is 10.7. The van der Waals surface area contributed by atoms with Crippen LogP contribution in [0.1, 0.15) is 16.6 Å². The van der Waals surface area contributed by atoms with Crippen molar-refractivity contribution in [1.82, 2.24) is 9.78 Å². The third kappa shape index (κ3) is 3.02. The Hall–Kier alpha value is -1.39. The average Bonchev–Trinajstić information content (AvgIpc) is 2.95. The molecule has 2 N–H and O–H groups in total. The highest BCUT2D eigenvalue weighted by Crippen LogP contribution is 2.32. The molecule has 20 heavy (non-hydrogen) atoms. The minimum atomic E-state index is -3.85. The van der Waals surface area contributed by atoms with E-state index in [1.807, 2.05) is 6.92 Å². The van der Waals surface area contributed by atoms with Crippen LogP contribution >= 0.6 is 27.3 Å². The van der Waals surface area contributed by atoms with Crippen LogP contribution in [0.15, 0.2) is 27.1 Å². The van der Waals surface area contributed by atoms with E-state index in [0.29, 0.717) is 12.2 Å². The molecule has 0 aliphatic carbocycles. The van der Waals surface area contributed by atoms with Gasteiger partial charge in [-0.25, -0.2) is 13.2 Å². The minimum Gasteiger partial charge on any atom is -0.477 e. The average molecular weight is 380 g/mol. The summed E-state index contributed by atoms with van der Waals surface area (Å²) < 4.78 is 28.6. The Morgan fingerprint density at radius 1 is 1.60 bits per heavy atom. The van der Waals surface area contributed by atoms with E-state index in [1.54, 1.807) is 10.9 Å². The number of carbonyl (C=O) groups is 1. The molecular formula is C10H10BrN3O4S2. The van der Waals surface area contributed by atoms with Gasteiger partial charge in [-0.1, -0.05) is 0 Å². The summed E-state index contributed by atoms with van der Waals surface area (Å²) in [6.45, 7) is 2.49. The summed E-state index contributed by atoms with van der Waals surface area (Å²) in [5.41, 5.74) is 0.321. The number of nitrogens with zero attached hydrogens (tertiary/aromatic N) is 2. The Bertz CT molecular complexity index is 750. The van der Waals surface area contributed by atoms with Crippen LogP contribution in [-0.4, -0.2) is 29.3 Å². The van der Waals surface area contributed by atoms with Crippen LogP contribution in [0.4, 0.5) is 5.69 Å². The van der Waals surface area contributed by atoms with Crippen LogP contribution in [0.25, 0.3) is 0 Å². The number of rotatable bonds is 5. The molecule has 0 amide bonds. The first-order valence-electron chi connectivity index (χ1n) is 5.41. The topological polar surface area (TPSA) is 101 Å². The SMILES string of the molecule is CCn1cc(NS(=O)(=O)c2cc(C(=O)O)sc2Br)cn1. The Balaban J connectivity index is 2.32. The molecule has 0 saturated heterocycles. The highest BCUT2D eigenvalue weighted by atomic mass is 79.9. The van der Waals surface area contributed by atoms with Crippen molar-refractivity contribution >= 4 is 48.9 Å². The fourth-order valence-corrected chi connectivity index (χ4v) is 4.87. The minimum absolute atomic E-state index is 0.0542. The zero-order chi connectivity index (χ0) is 14.9. The number of thiophene rings is 1. The molecule has 0 aliphatic heterocycles. The normalized spacial score (nSPS) is 11.5. The molecule has 2 heterocycles. The second-order valence-electron chi connectivity index (χ2n) is 3.74. The standard InChI is InChI=1S/C10H10BrN3O4S2/c1-2-14-5-6(4-12-14)13-20(17,18)8-3-7(10(15)16)19-9(8)11/h3-5,13H,2H2,1H3,(H,15,16). The first-order valence-corrected chi connectivity index (χ1v) is 8.50. The molecular weight excluding hydrogens is 370 g/mol. The molecule has 108 valence electrons. The number of carboxylic acid groups (broad SMARTS) is 1. The predicted octanol–water partition coefficient (Wildman–Crippen LogP) is 2.23.